The van der Waals surface area contributed by atoms with Crippen LogP contribution in [0.2, 0.25) is 0 Å². The maximum Gasteiger partial charge on any atom is 0.245 e. The second-order valence-electron chi connectivity index (χ2n) is 18.4. The number of ether oxygens (including phenoxy) is 2. The van der Waals surface area contributed by atoms with Gasteiger partial charge in [0.15, 0.2) is 0 Å². The summed E-state index contributed by atoms with van der Waals surface area (Å²) in [5, 5.41) is 0. The number of pyridine rings is 2. The molecule has 14 heteroatoms. The molecule has 2 saturated heterocycles. The Morgan fingerprint density at radius 3 is 1.91 bits per heavy atom. The SMILES string of the molecule is CN(C)C(C(=O)N1CCC[C@H]1c1ncc(-c2ccc(-c3ccc4c(c3)OCCCCCCCCO[C@H]3C[C@@H](c5ncc-4[nH]5)N(C(=O)C(c4cccnc4)N(C)C)C3)cc2)[nH]1)c1cccnc1. The number of nitrogens with zero attached hydrogens (tertiary/aromatic N) is 8. The van der Waals surface area contributed by atoms with E-state index in [1.165, 1.54) is 0 Å². The molecule has 5 atom stereocenters. The summed E-state index contributed by atoms with van der Waals surface area (Å²) < 4.78 is 13.1. The molecule has 4 aromatic heterocycles. The number of carbonyl (C=O) groups is 2. The summed E-state index contributed by atoms with van der Waals surface area (Å²) in [6, 6.07) is 21.2. The first-order valence-electron chi connectivity index (χ1n) is 23.6. The van der Waals surface area contributed by atoms with Gasteiger partial charge in [-0.15, -0.1) is 0 Å². The Hall–Kier alpha value is -6.22. The lowest BCUT2D eigenvalue weighted by molar-refractivity contribution is -0.138. The van der Waals surface area contributed by atoms with Gasteiger partial charge in [0.2, 0.25) is 11.8 Å². The molecule has 9 rings (SSSR count). The predicted molar refractivity (Wildman–Crippen MR) is 254 cm³/mol. The molecule has 2 N–H and O–H groups in total. The van der Waals surface area contributed by atoms with Crippen LogP contribution in [-0.2, 0) is 14.3 Å². The number of likely N-dealkylation sites (tertiary alicyclic amines) is 2. The van der Waals surface area contributed by atoms with Gasteiger partial charge in [0, 0.05) is 56.5 Å². The van der Waals surface area contributed by atoms with Crippen molar-refractivity contribution in [3.8, 4) is 39.4 Å². The van der Waals surface area contributed by atoms with Crippen molar-refractivity contribution in [3.63, 3.8) is 0 Å². The van der Waals surface area contributed by atoms with E-state index in [4.69, 9.17) is 19.4 Å². The van der Waals surface area contributed by atoms with Gasteiger partial charge in [-0.05, 0) is 106 Å². The van der Waals surface area contributed by atoms with Gasteiger partial charge in [0.25, 0.3) is 0 Å². The lowest BCUT2D eigenvalue weighted by atomic mass is 10.00. The molecular weight excluding hydrogens is 829 g/mol. The van der Waals surface area contributed by atoms with Crippen molar-refractivity contribution in [2.24, 2.45) is 0 Å². The number of aromatic amines is 2. The summed E-state index contributed by atoms with van der Waals surface area (Å²) in [4.78, 5) is 61.9. The Morgan fingerprint density at radius 1 is 0.652 bits per heavy atom. The fourth-order valence-corrected chi connectivity index (χ4v) is 9.97. The number of hydrogen-bond donors (Lipinski definition) is 2. The van der Waals surface area contributed by atoms with E-state index in [2.05, 4.69) is 62.4 Å². The number of aromatic nitrogens is 6. The molecule has 0 radical (unpaired) electrons. The van der Waals surface area contributed by atoms with Crippen LogP contribution in [0.25, 0.3) is 33.6 Å². The van der Waals surface area contributed by atoms with Crippen molar-refractivity contribution in [1.29, 1.82) is 0 Å². The quantitative estimate of drug-likeness (QED) is 0.145. The monoisotopic (exact) mass is 890 g/mol. The lowest BCUT2D eigenvalue weighted by Crippen LogP contribution is -2.41. The molecule has 2 aromatic carbocycles. The number of imidazole rings is 2. The topological polar surface area (TPSA) is 149 Å². The van der Waals surface area contributed by atoms with Gasteiger partial charge < -0.3 is 29.2 Å². The van der Waals surface area contributed by atoms with Crippen LogP contribution in [0.4, 0.5) is 0 Å². The normalized spacial score (nSPS) is 20.4. The third-order valence-electron chi connectivity index (χ3n) is 13.4. The molecule has 0 spiro atoms. The van der Waals surface area contributed by atoms with E-state index in [0.717, 1.165) is 114 Å². The molecule has 2 fully saturated rings. The standard InChI is InChI=1S/C52H62N10O4/c1-59(2)47(38-14-11-23-53-30-38)51(63)61-25-13-16-44(61)49-55-32-42(57-49)36-19-17-35(18-20-36)37-21-22-41-43-33-56-50(58-43)45-29-40(65-26-9-7-5-6-8-10-27-66-46(41)28-37)34-62(45)52(64)48(60(3)4)39-15-12-24-54-31-39/h11-12,14-15,17-24,28,30-33,40,44-45,47-48H,5-10,13,16,25-27,29,34H2,1-4H3,(H,55,57)(H,56,58)/t40-,44-,45-,47?,48?/m0/s1. The fraction of sp³-hybridized carbons (Fsp3) is 0.423. The van der Waals surface area contributed by atoms with Crippen LogP contribution in [-0.4, -0.2) is 122 Å². The van der Waals surface area contributed by atoms with Gasteiger partial charge >= 0.3 is 0 Å². The van der Waals surface area contributed by atoms with E-state index >= 15 is 0 Å². The summed E-state index contributed by atoms with van der Waals surface area (Å²) in [7, 11) is 7.73. The van der Waals surface area contributed by atoms with Crippen LogP contribution >= 0.6 is 0 Å². The highest BCUT2D eigenvalue weighted by Crippen LogP contribution is 2.40. The summed E-state index contributed by atoms with van der Waals surface area (Å²) in [5.41, 5.74) is 7.50. The van der Waals surface area contributed by atoms with Crippen molar-refractivity contribution in [2.75, 3.05) is 54.5 Å². The number of hydrogen-bond acceptors (Lipinski definition) is 10. The number of rotatable bonds is 9. The van der Waals surface area contributed by atoms with E-state index in [-0.39, 0.29) is 30.0 Å². The van der Waals surface area contributed by atoms with E-state index < -0.39 is 12.1 Å². The van der Waals surface area contributed by atoms with Crippen molar-refractivity contribution in [3.05, 3.63) is 127 Å². The number of likely N-dealkylation sites (N-methyl/N-ethyl adjacent to an activating group) is 2. The number of carbonyl (C=O) groups excluding carboxylic acids is 2. The molecule has 2 amide bonds. The third kappa shape index (κ3) is 9.81. The first kappa shape index (κ1) is 45.0. The molecule has 66 heavy (non-hydrogen) atoms. The highest BCUT2D eigenvalue weighted by Gasteiger charge is 2.42. The minimum atomic E-state index is -0.491. The van der Waals surface area contributed by atoms with Gasteiger partial charge in [-0.25, -0.2) is 9.97 Å². The van der Waals surface area contributed by atoms with Crippen LogP contribution in [0.1, 0.15) is 105 Å². The van der Waals surface area contributed by atoms with Crippen LogP contribution < -0.4 is 4.74 Å². The van der Waals surface area contributed by atoms with E-state index in [9.17, 15) is 9.59 Å². The Bertz CT molecular complexity index is 2540. The molecule has 7 heterocycles. The first-order chi connectivity index (χ1) is 32.2. The second kappa shape index (κ2) is 20.5. The van der Waals surface area contributed by atoms with Gasteiger partial charge in [0.05, 0.1) is 48.6 Å². The van der Waals surface area contributed by atoms with Crippen LogP contribution in [0.3, 0.4) is 0 Å². The molecule has 3 aliphatic heterocycles. The average Bonchev–Trinajstić information content (AvgIpc) is 4.17. The van der Waals surface area contributed by atoms with Gasteiger partial charge in [-0.3, -0.25) is 29.4 Å². The number of H-pyrrole nitrogens is 2. The summed E-state index contributed by atoms with van der Waals surface area (Å²) >= 11 is 0. The zero-order valence-electron chi connectivity index (χ0n) is 38.6. The Labute approximate surface area is 387 Å². The molecule has 0 saturated carbocycles. The number of nitrogens with one attached hydrogen (secondary N) is 2. The smallest absolute Gasteiger partial charge is 0.245 e. The number of amides is 2. The fourth-order valence-electron chi connectivity index (χ4n) is 9.97. The van der Waals surface area contributed by atoms with Crippen LogP contribution in [0.15, 0.2) is 104 Å². The number of fused-ring (bicyclic) bond motifs is 7. The van der Waals surface area contributed by atoms with Gasteiger partial charge in [-0.1, -0.05) is 68.1 Å². The Kier molecular flexibility index (Phi) is 14.0. The Balaban J connectivity index is 0.952. The van der Waals surface area contributed by atoms with Crippen molar-refractivity contribution < 1.29 is 19.1 Å². The Morgan fingerprint density at radius 2 is 1.24 bits per heavy atom. The highest BCUT2D eigenvalue weighted by molar-refractivity contribution is 5.85. The predicted octanol–water partition coefficient (Wildman–Crippen LogP) is 8.58. The van der Waals surface area contributed by atoms with Crippen molar-refractivity contribution >= 4 is 11.8 Å². The van der Waals surface area contributed by atoms with Crippen LogP contribution in [0.5, 0.6) is 5.75 Å². The highest BCUT2D eigenvalue weighted by atomic mass is 16.5. The lowest BCUT2D eigenvalue weighted by Gasteiger charge is -2.31. The minimum absolute atomic E-state index is 0.00297. The first-order valence-corrected chi connectivity index (χ1v) is 23.6. The second-order valence-corrected chi connectivity index (χ2v) is 18.4. The molecule has 14 nitrogen and oxygen atoms in total. The van der Waals surface area contributed by atoms with Crippen molar-refractivity contribution in [1.82, 2.24) is 49.5 Å². The summed E-state index contributed by atoms with van der Waals surface area (Å²) in [6.45, 7) is 2.48. The van der Waals surface area contributed by atoms with Gasteiger partial charge in [0.1, 0.15) is 29.5 Å². The average molecular weight is 891 g/mol. The molecule has 4 bridgehead atoms. The van der Waals surface area contributed by atoms with E-state index in [0.29, 0.717) is 32.7 Å². The van der Waals surface area contributed by atoms with Crippen molar-refractivity contribution in [2.45, 2.75) is 88.1 Å². The van der Waals surface area contributed by atoms with Crippen LogP contribution in [0, 0.1) is 0 Å². The van der Waals surface area contributed by atoms with Gasteiger partial charge in [-0.2, -0.15) is 0 Å². The zero-order chi connectivity index (χ0) is 45.6. The molecule has 3 aliphatic rings. The largest absolute Gasteiger partial charge is 0.493 e. The molecule has 0 aliphatic carbocycles. The molecular formula is C52H62N10O4. The van der Waals surface area contributed by atoms with E-state index in [1.807, 2.05) is 84.4 Å². The molecule has 2 unspecified atom stereocenters. The maximum absolute atomic E-state index is 14.5. The maximum atomic E-state index is 14.5. The molecule has 6 aromatic rings. The zero-order valence-corrected chi connectivity index (χ0v) is 38.6. The minimum Gasteiger partial charge on any atom is -0.493 e. The van der Waals surface area contributed by atoms with E-state index in [1.54, 1.807) is 24.8 Å². The third-order valence-corrected chi connectivity index (χ3v) is 13.4. The number of benzene rings is 2. The molecule has 344 valence electrons. The summed E-state index contributed by atoms with van der Waals surface area (Å²) in [5.74, 6) is 2.38. The summed E-state index contributed by atoms with van der Waals surface area (Å²) in [6.07, 6.45) is 19.6.